The lowest BCUT2D eigenvalue weighted by atomic mass is 10.0. The number of nitrogens with one attached hydrogen (secondary N) is 1. The first-order valence-corrected chi connectivity index (χ1v) is 1.81. The smallest absolute Gasteiger partial charge is 0.142 e. The summed E-state index contributed by atoms with van der Waals surface area (Å²) in [4.78, 5) is 3.47. The highest BCUT2D eigenvalue weighted by molar-refractivity contribution is 6.74. The van der Waals surface area contributed by atoms with Crippen LogP contribution in [0.2, 0.25) is 0 Å². The number of hydrogen-bond acceptors (Lipinski definition) is 3. The summed E-state index contributed by atoms with van der Waals surface area (Å²) in [6.07, 6.45) is 1.21. The Balaban J connectivity index is 3.26. The number of rotatable bonds is 2. The summed E-state index contributed by atoms with van der Waals surface area (Å²) >= 11 is 0. The SMILES string of the molecule is [B]C(=N)C=NCN. The van der Waals surface area contributed by atoms with E-state index in [4.69, 9.17) is 19.0 Å². The number of nitrogens with two attached hydrogens (primary N) is 1. The highest BCUT2D eigenvalue weighted by atomic mass is 14.8. The molecule has 7 heavy (non-hydrogen) atoms. The molecule has 0 bridgehead atoms. The molecular weight excluding hydrogens is 88.9 g/mol. The molecule has 0 atom stereocenters. The molecule has 3 N–H and O–H groups in total. The Morgan fingerprint density at radius 1 is 2.00 bits per heavy atom. The van der Waals surface area contributed by atoms with Crippen LogP contribution in [0.5, 0.6) is 0 Å². The lowest BCUT2D eigenvalue weighted by molar-refractivity contribution is 1.08. The Bertz CT molecular complexity index is 88.2. The molecule has 0 heterocycles. The van der Waals surface area contributed by atoms with Crippen molar-refractivity contribution in [1.29, 1.82) is 5.41 Å². The van der Waals surface area contributed by atoms with Gasteiger partial charge in [-0.2, -0.15) is 0 Å². The monoisotopic (exact) mass is 95.1 g/mol. The van der Waals surface area contributed by atoms with Crippen LogP contribution in [-0.2, 0) is 0 Å². The zero-order chi connectivity index (χ0) is 5.70. The molecule has 0 spiro atoms. The summed E-state index contributed by atoms with van der Waals surface area (Å²) in [7, 11) is 4.86. The van der Waals surface area contributed by atoms with Crippen molar-refractivity contribution in [2.75, 3.05) is 6.67 Å². The van der Waals surface area contributed by atoms with Gasteiger partial charge in [0.2, 0.25) is 0 Å². The molecule has 0 saturated carbocycles. The van der Waals surface area contributed by atoms with Gasteiger partial charge >= 0.3 is 0 Å². The number of hydrogen-bond donors (Lipinski definition) is 2. The number of aliphatic imine (C=N–C) groups is 1. The summed E-state index contributed by atoms with van der Waals surface area (Å²) in [5.41, 5.74) is 4.86. The van der Waals surface area contributed by atoms with Gasteiger partial charge in [0.1, 0.15) is 7.85 Å². The minimum absolute atomic E-state index is 0.0644. The van der Waals surface area contributed by atoms with Crippen molar-refractivity contribution in [2.24, 2.45) is 10.7 Å². The Hall–Kier alpha value is -0.635. The maximum Gasteiger partial charge on any atom is 0.142 e. The van der Waals surface area contributed by atoms with E-state index in [2.05, 4.69) is 4.99 Å². The van der Waals surface area contributed by atoms with Crippen LogP contribution < -0.4 is 5.73 Å². The van der Waals surface area contributed by atoms with Crippen molar-refractivity contribution >= 4 is 19.7 Å². The summed E-state index contributed by atoms with van der Waals surface area (Å²) in [6.45, 7) is 0.194. The van der Waals surface area contributed by atoms with E-state index >= 15 is 0 Å². The molecule has 0 aromatic rings. The van der Waals surface area contributed by atoms with Crippen LogP contribution in [0, 0.1) is 5.41 Å². The van der Waals surface area contributed by atoms with Crippen LogP contribution in [0.4, 0.5) is 0 Å². The van der Waals surface area contributed by atoms with Gasteiger partial charge in [0, 0.05) is 6.21 Å². The molecule has 3 nitrogen and oxygen atoms in total. The highest BCUT2D eigenvalue weighted by Crippen LogP contribution is 1.55. The van der Waals surface area contributed by atoms with E-state index in [0.717, 1.165) is 0 Å². The van der Waals surface area contributed by atoms with Crippen molar-refractivity contribution in [3.8, 4) is 0 Å². The molecule has 0 unspecified atom stereocenters. The fourth-order valence-corrected chi connectivity index (χ4v) is 0.151. The zero-order valence-electron chi connectivity index (χ0n) is 3.89. The molecule has 4 heteroatoms. The van der Waals surface area contributed by atoms with E-state index in [9.17, 15) is 0 Å². The molecule has 2 radical (unpaired) electrons. The maximum atomic E-state index is 6.57. The number of nitrogens with zero attached hydrogens (tertiary/aromatic N) is 1. The van der Waals surface area contributed by atoms with E-state index in [-0.39, 0.29) is 12.3 Å². The average Bonchev–Trinajstić information content (AvgIpc) is 1.61. The molecule has 0 aliphatic heterocycles. The predicted molar refractivity (Wildman–Crippen MR) is 31.0 cm³/mol. The van der Waals surface area contributed by atoms with Crippen molar-refractivity contribution < 1.29 is 0 Å². The minimum Gasteiger partial charge on any atom is -0.315 e. The quantitative estimate of drug-likeness (QED) is 0.339. The van der Waals surface area contributed by atoms with Gasteiger partial charge in [-0.25, -0.2) is 0 Å². The maximum absolute atomic E-state index is 6.57. The lowest BCUT2D eigenvalue weighted by Crippen LogP contribution is -2.00. The van der Waals surface area contributed by atoms with Crippen molar-refractivity contribution in [3.05, 3.63) is 0 Å². The van der Waals surface area contributed by atoms with Crippen LogP contribution in [-0.4, -0.2) is 26.3 Å². The van der Waals surface area contributed by atoms with Crippen LogP contribution in [0.15, 0.2) is 4.99 Å². The molecule has 0 aliphatic rings. The second-order valence-corrected chi connectivity index (χ2v) is 0.950. The van der Waals surface area contributed by atoms with Crippen molar-refractivity contribution in [2.45, 2.75) is 0 Å². The second-order valence-electron chi connectivity index (χ2n) is 0.950. The second kappa shape index (κ2) is 3.55. The molecule has 0 aromatic heterocycles. The molecule has 36 valence electrons. The topological polar surface area (TPSA) is 62.2 Å². The summed E-state index contributed by atoms with van der Waals surface area (Å²) < 4.78 is 0. The van der Waals surface area contributed by atoms with Gasteiger partial charge in [0.15, 0.2) is 0 Å². The van der Waals surface area contributed by atoms with Crippen LogP contribution in [0.1, 0.15) is 0 Å². The Morgan fingerprint density at radius 3 is 2.71 bits per heavy atom. The highest BCUT2D eigenvalue weighted by Gasteiger charge is 1.71. The fourth-order valence-electron chi connectivity index (χ4n) is 0.151. The van der Waals surface area contributed by atoms with Gasteiger partial charge in [0.05, 0.1) is 6.67 Å². The summed E-state index contributed by atoms with van der Waals surface area (Å²) in [6, 6.07) is 0. The van der Waals surface area contributed by atoms with E-state index in [1.165, 1.54) is 6.21 Å². The zero-order valence-corrected chi connectivity index (χ0v) is 3.89. The molecule has 0 aliphatic carbocycles. The van der Waals surface area contributed by atoms with Gasteiger partial charge in [-0.15, -0.1) is 0 Å². The van der Waals surface area contributed by atoms with Crippen LogP contribution in [0.3, 0.4) is 0 Å². The van der Waals surface area contributed by atoms with Gasteiger partial charge < -0.3 is 11.1 Å². The predicted octanol–water partition coefficient (Wildman–Crippen LogP) is -0.881. The molecular formula is C3H6BN3. The third-order valence-corrected chi connectivity index (χ3v) is 0.336. The largest absolute Gasteiger partial charge is 0.315 e. The van der Waals surface area contributed by atoms with E-state index in [0.29, 0.717) is 0 Å². The standard InChI is InChI=1S/C3H6BN3/c4-3(6)1-7-2-5/h1,6H,2,5H2. The first-order chi connectivity index (χ1) is 3.27. The van der Waals surface area contributed by atoms with Gasteiger partial charge in [-0.1, -0.05) is 0 Å². The Labute approximate surface area is 43.5 Å². The third-order valence-electron chi connectivity index (χ3n) is 0.336. The lowest BCUT2D eigenvalue weighted by Gasteiger charge is -1.79. The van der Waals surface area contributed by atoms with Crippen LogP contribution in [0.25, 0.3) is 0 Å². The summed E-state index contributed by atoms with van der Waals surface area (Å²) in [5, 5.41) is 6.57. The van der Waals surface area contributed by atoms with Crippen LogP contribution >= 0.6 is 0 Å². The average molecular weight is 94.9 g/mol. The molecule has 0 amide bonds. The van der Waals surface area contributed by atoms with E-state index < -0.39 is 0 Å². The minimum atomic E-state index is -0.0644. The normalized spacial score (nSPS) is 9.86. The first-order valence-electron chi connectivity index (χ1n) is 1.81. The Morgan fingerprint density at radius 2 is 2.57 bits per heavy atom. The van der Waals surface area contributed by atoms with Gasteiger partial charge in [-0.05, 0) is 5.61 Å². The Kier molecular flexibility index (Phi) is 3.23. The van der Waals surface area contributed by atoms with Gasteiger partial charge in [-0.3, -0.25) is 4.99 Å². The summed E-state index contributed by atoms with van der Waals surface area (Å²) in [5.74, 6) is 0. The van der Waals surface area contributed by atoms with Crippen molar-refractivity contribution in [3.63, 3.8) is 0 Å². The first kappa shape index (κ1) is 6.36. The molecule has 0 saturated heterocycles. The van der Waals surface area contributed by atoms with E-state index in [1.807, 2.05) is 0 Å². The van der Waals surface area contributed by atoms with E-state index in [1.54, 1.807) is 0 Å². The molecule has 0 rings (SSSR count). The third kappa shape index (κ3) is 5.36. The van der Waals surface area contributed by atoms with Crippen molar-refractivity contribution in [1.82, 2.24) is 0 Å². The van der Waals surface area contributed by atoms with Gasteiger partial charge in [0.25, 0.3) is 0 Å². The molecule has 0 aromatic carbocycles. The fraction of sp³-hybridized carbons (Fsp3) is 0.333. The molecule has 0 fully saturated rings.